The van der Waals surface area contributed by atoms with Crippen LogP contribution in [0.2, 0.25) is 0 Å². The molecule has 0 saturated heterocycles. The van der Waals surface area contributed by atoms with E-state index >= 15 is 0 Å². The van der Waals surface area contributed by atoms with Crippen molar-refractivity contribution in [2.75, 3.05) is 0 Å². The van der Waals surface area contributed by atoms with Crippen LogP contribution in [-0.2, 0) is 26.2 Å². The molecule has 0 aliphatic heterocycles. The molecule has 0 atom stereocenters. The zero-order valence-electron chi connectivity index (χ0n) is 11.0. The van der Waals surface area contributed by atoms with Crippen LogP contribution in [0.3, 0.4) is 0 Å². The van der Waals surface area contributed by atoms with Crippen molar-refractivity contribution in [3.05, 3.63) is 95.6 Å². The van der Waals surface area contributed by atoms with Gasteiger partial charge in [-0.3, -0.25) is 0 Å². The summed E-state index contributed by atoms with van der Waals surface area (Å²) in [4.78, 5) is 0. The summed E-state index contributed by atoms with van der Waals surface area (Å²) in [6.07, 6.45) is 11.7. The molecular weight excluding hydrogens is 319 g/mol. The molecule has 4 rings (SSSR count). The van der Waals surface area contributed by atoms with E-state index in [9.17, 15) is 0 Å². The molecule has 2 aliphatic rings. The first-order valence-corrected chi connectivity index (χ1v) is 6.60. The molecule has 0 radical (unpaired) electrons. The van der Waals surface area contributed by atoms with Crippen LogP contribution in [0, 0.1) is 6.08 Å². The van der Waals surface area contributed by atoms with E-state index in [1.165, 1.54) is 27.8 Å². The second-order valence-electron chi connectivity index (χ2n) is 4.94. The van der Waals surface area contributed by atoms with Crippen LogP contribution in [0.15, 0.2) is 78.4 Å². The topological polar surface area (TPSA) is 0 Å². The van der Waals surface area contributed by atoms with Crippen molar-refractivity contribution < 1.29 is 26.2 Å². The normalized spacial score (nSPS) is 17.1. The summed E-state index contributed by atoms with van der Waals surface area (Å²) in [6, 6.07) is 17.4. The first-order valence-electron chi connectivity index (χ1n) is 6.60. The van der Waals surface area contributed by atoms with Crippen molar-refractivity contribution in [2.45, 2.75) is 5.92 Å². The monoisotopic (exact) mass is 331 g/mol. The molecule has 0 nitrogen and oxygen atoms in total. The average Bonchev–Trinajstić information content (AvgIpc) is 3.08. The molecule has 2 aliphatic carbocycles. The average molecular weight is 333 g/mol. The first-order chi connectivity index (χ1) is 9.43. The maximum absolute atomic E-state index is 3.27. The van der Waals surface area contributed by atoms with Gasteiger partial charge in [0.25, 0.3) is 0 Å². The minimum Gasteiger partial charge on any atom is -0.177 e. The molecule has 0 heterocycles. The standard InChI is InChI=1S/C19H13.Zr/c1-2-8-14(7-1)13-19-17-11-5-3-9-15(17)16-10-4-6-12-18(16)19;/h1-7,9-13,19H;/q-1;. The molecule has 0 aromatic heterocycles. The quantitative estimate of drug-likeness (QED) is 0.667. The first kappa shape index (κ1) is 13.5. The van der Waals surface area contributed by atoms with Gasteiger partial charge in [-0.1, -0.05) is 48.5 Å². The Morgan fingerprint density at radius 1 is 0.850 bits per heavy atom. The van der Waals surface area contributed by atoms with Crippen LogP contribution < -0.4 is 0 Å². The molecule has 1 heteroatoms. The Kier molecular flexibility index (Phi) is 3.72. The summed E-state index contributed by atoms with van der Waals surface area (Å²) in [5, 5.41) is 0. The number of rotatable bonds is 1. The van der Waals surface area contributed by atoms with Crippen LogP contribution >= 0.6 is 0 Å². The summed E-state index contributed by atoms with van der Waals surface area (Å²) in [6.45, 7) is 0. The molecule has 2 aromatic rings. The molecular formula is C19H13Zr-. The van der Waals surface area contributed by atoms with Gasteiger partial charge in [0.15, 0.2) is 0 Å². The Bertz CT molecular complexity index is 675. The fraction of sp³-hybridized carbons (Fsp3) is 0.0526. The number of allylic oxidation sites excluding steroid dienone is 6. The van der Waals surface area contributed by atoms with E-state index in [0.29, 0.717) is 5.92 Å². The number of fused-ring (bicyclic) bond motifs is 3. The van der Waals surface area contributed by atoms with Gasteiger partial charge in [0.05, 0.1) is 0 Å². The third-order valence-corrected chi connectivity index (χ3v) is 3.85. The molecule has 0 N–H and O–H groups in total. The Morgan fingerprint density at radius 2 is 1.45 bits per heavy atom. The van der Waals surface area contributed by atoms with Crippen molar-refractivity contribution in [2.24, 2.45) is 0 Å². The largest absolute Gasteiger partial charge is 0.177 e. The van der Waals surface area contributed by atoms with Gasteiger partial charge in [0, 0.05) is 26.2 Å². The van der Waals surface area contributed by atoms with E-state index in [0.717, 1.165) is 0 Å². The molecule has 0 spiro atoms. The molecule has 0 bridgehead atoms. The summed E-state index contributed by atoms with van der Waals surface area (Å²) < 4.78 is 0. The van der Waals surface area contributed by atoms with Crippen LogP contribution in [0.1, 0.15) is 17.0 Å². The van der Waals surface area contributed by atoms with Gasteiger partial charge in [-0.05, 0) is 28.2 Å². The Labute approximate surface area is 138 Å². The zero-order chi connectivity index (χ0) is 12.7. The SMILES string of the molecule is [C-]1=CC=CC1=CC1c2ccccc2-c2ccccc21.[Zr]. The smallest absolute Gasteiger partial charge is 0 e. The van der Waals surface area contributed by atoms with Crippen molar-refractivity contribution in [1.82, 2.24) is 0 Å². The van der Waals surface area contributed by atoms with E-state index in [1.807, 2.05) is 12.2 Å². The van der Waals surface area contributed by atoms with Gasteiger partial charge in [-0.15, -0.1) is 12.2 Å². The second-order valence-corrected chi connectivity index (χ2v) is 4.94. The molecule has 0 fully saturated rings. The van der Waals surface area contributed by atoms with Crippen molar-refractivity contribution in [3.63, 3.8) is 0 Å². The minimum atomic E-state index is 0. The van der Waals surface area contributed by atoms with E-state index in [4.69, 9.17) is 0 Å². The zero-order valence-corrected chi connectivity index (χ0v) is 13.5. The van der Waals surface area contributed by atoms with Gasteiger partial charge >= 0.3 is 0 Å². The van der Waals surface area contributed by atoms with Gasteiger partial charge in [-0.25, -0.2) is 0 Å². The third-order valence-electron chi connectivity index (χ3n) is 3.85. The number of benzene rings is 2. The number of hydrogen-bond donors (Lipinski definition) is 0. The minimum absolute atomic E-state index is 0. The predicted molar refractivity (Wildman–Crippen MR) is 78.8 cm³/mol. The summed E-state index contributed by atoms with van der Waals surface area (Å²) in [7, 11) is 0. The third kappa shape index (κ3) is 2.11. The maximum Gasteiger partial charge on any atom is 0 e. The van der Waals surface area contributed by atoms with Gasteiger partial charge in [0.1, 0.15) is 0 Å². The summed E-state index contributed by atoms with van der Waals surface area (Å²) in [5.74, 6) is 0.353. The van der Waals surface area contributed by atoms with E-state index in [-0.39, 0.29) is 26.2 Å². The van der Waals surface area contributed by atoms with E-state index in [2.05, 4.69) is 66.8 Å². The summed E-state index contributed by atoms with van der Waals surface area (Å²) in [5.41, 5.74) is 6.71. The molecule has 94 valence electrons. The molecule has 20 heavy (non-hydrogen) atoms. The maximum atomic E-state index is 3.27. The molecule has 0 amide bonds. The van der Waals surface area contributed by atoms with Gasteiger partial charge in [0.2, 0.25) is 0 Å². The van der Waals surface area contributed by atoms with Gasteiger partial charge < -0.3 is 0 Å². The van der Waals surface area contributed by atoms with Crippen LogP contribution in [0.4, 0.5) is 0 Å². The summed E-state index contributed by atoms with van der Waals surface area (Å²) >= 11 is 0. The fourth-order valence-electron chi connectivity index (χ4n) is 3.00. The Hall–Kier alpha value is -1.46. The van der Waals surface area contributed by atoms with Crippen LogP contribution in [-0.4, -0.2) is 0 Å². The number of hydrogen-bond acceptors (Lipinski definition) is 0. The van der Waals surface area contributed by atoms with Crippen LogP contribution in [0.25, 0.3) is 11.1 Å². The fourth-order valence-corrected chi connectivity index (χ4v) is 3.00. The van der Waals surface area contributed by atoms with E-state index < -0.39 is 0 Å². The van der Waals surface area contributed by atoms with Crippen molar-refractivity contribution >= 4 is 0 Å². The Morgan fingerprint density at radius 3 is 2.00 bits per heavy atom. The molecule has 2 aromatic carbocycles. The van der Waals surface area contributed by atoms with Crippen molar-refractivity contribution in [1.29, 1.82) is 0 Å². The second kappa shape index (κ2) is 5.50. The molecule has 0 unspecified atom stereocenters. The van der Waals surface area contributed by atoms with E-state index in [1.54, 1.807) is 0 Å². The predicted octanol–water partition coefficient (Wildman–Crippen LogP) is 4.65. The van der Waals surface area contributed by atoms with Crippen molar-refractivity contribution in [3.8, 4) is 11.1 Å². The van der Waals surface area contributed by atoms with Gasteiger partial charge in [-0.2, -0.15) is 23.8 Å². The Balaban J connectivity index is 0.00000121. The van der Waals surface area contributed by atoms with Crippen LogP contribution in [0.5, 0.6) is 0 Å². The molecule has 0 saturated carbocycles.